The van der Waals surface area contributed by atoms with E-state index in [4.69, 9.17) is 16.0 Å². The Kier molecular flexibility index (Phi) is 7.89. The number of fused-ring (bicyclic) bond motifs is 1. The van der Waals surface area contributed by atoms with Crippen molar-refractivity contribution in [3.05, 3.63) is 71.9 Å². The van der Waals surface area contributed by atoms with Crippen LogP contribution in [0, 0.1) is 0 Å². The third kappa shape index (κ3) is 6.14. The molecule has 1 heterocycles. The first-order chi connectivity index (χ1) is 14.7. The summed E-state index contributed by atoms with van der Waals surface area (Å²) in [5.41, 5.74) is 4.86. The highest BCUT2D eigenvalue weighted by Crippen LogP contribution is 2.25. The fourth-order valence-corrected chi connectivity index (χ4v) is 2.99. The number of aliphatic carboxylic acids is 2. The first kappa shape index (κ1) is 23.6. The summed E-state index contributed by atoms with van der Waals surface area (Å²) in [5, 5.41) is 40.2. The summed E-state index contributed by atoms with van der Waals surface area (Å²) in [6, 6.07) is 17.3. The summed E-state index contributed by atoms with van der Waals surface area (Å²) < 4.78 is 0. The molecule has 0 aliphatic carbocycles. The number of hydrogen-bond donors (Lipinski definition) is 6. The number of hydrogen-bond acceptors (Lipinski definition) is 6. The van der Waals surface area contributed by atoms with Gasteiger partial charge < -0.3 is 31.2 Å². The Morgan fingerprint density at radius 3 is 2.23 bits per heavy atom. The average Bonchev–Trinajstić information content (AvgIpc) is 3.15. The number of aliphatic hydroxyl groups is 1. The topological polar surface area (TPSA) is 169 Å². The molecule has 164 valence electrons. The van der Waals surface area contributed by atoms with Crippen molar-refractivity contribution < 1.29 is 30.1 Å². The molecule has 1 aromatic heterocycles. The van der Waals surface area contributed by atoms with Crippen LogP contribution in [-0.2, 0) is 16.0 Å². The van der Waals surface area contributed by atoms with Gasteiger partial charge in [0.2, 0.25) is 0 Å². The van der Waals surface area contributed by atoms with Gasteiger partial charge in [-0.1, -0.05) is 53.7 Å². The van der Waals surface area contributed by atoms with Crippen molar-refractivity contribution in [2.45, 2.75) is 31.4 Å². The Labute approximate surface area is 178 Å². The van der Waals surface area contributed by atoms with Gasteiger partial charge in [0.05, 0.1) is 0 Å². The fraction of sp³-hybridized carbons (Fsp3) is 0.227. The second kappa shape index (κ2) is 10.4. The van der Waals surface area contributed by atoms with E-state index in [2.05, 4.69) is 10.1 Å². The molecule has 0 bridgehead atoms. The van der Waals surface area contributed by atoms with E-state index in [0.29, 0.717) is 5.56 Å². The summed E-state index contributed by atoms with van der Waals surface area (Å²) in [7, 11) is 0. The van der Waals surface area contributed by atoms with Crippen LogP contribution in [0.15, 0.2) is 65.9 Å². The van der Waals surface area contributed by atoms with E-state index in [9.17, 15) is 19.8 Å². The Balaban J connectivity index is 0.000000316. The monoisotopic (exact) mass is 427 g/mol. The van der Waals surface area contributed by atoms with E-state index in [1.54, 1.807) is 30.5 Å². The molecule has 31 heavy (non-hydrogen) atoms. The van der Waals surface area contributed by atoms with Crippen LogP contribution in [0.3, 0.4) is 0 Å². The molecule has 3 rings (SSSR count). The lowest BCUT2D eigenvalue weighted by Crippen LogP contribution is -2.44. The quantitative estimate of drug-likeness (QED) is 0.191. The van der Waals surface area contributed by atoms with Crippen LogP contribution in [0.1, 0.15) is 30.5 Å². The number of carboxylic acid groups (broad SMARTS) is 2. The number of aromatic amines is 1. The van der Waals surface area contributed by atoms with Gasteiger partial charge in [0.1, 0.15) is 0 Å². The zero-order valence-electron chi connectivity index (χ0n) is 16.9. The second-order valence-electron chi connectivity index (χ2n) is 7.10. The van der Waals surface area contributed by atoms with Crippen molar-refractivity contribution in [2.75, 3.05) is 0 Å². The molecule has 2 aromatic carbocycles. The lowest BCUT2D eigenvalue weighted by Gasteiger charge is -2.22. The summed E-state index contributed by atoms with van der Waals surface area (Å²) in [6.07, 6.45) is 0.390. The first-order valence-corrected chi connectivity index (χ1v) is 9.43. The number of H-pyrrole nitrogens is 1. The molecule has 0 amide bonds. The van der Waals surface area contributed by atoms with Crippen LogP contribution in [0.2, 0.25) is 0 Å². The van der Waals surface area contributed by atoms with Crippen LogP contribution in [0.5, 0.6) is 0 Å². The molecule has 7 N–H and O–H groups in total. The van der Waals surface area contributed by atoms with Crippen LogP contribution >= 0.6 is 0 Å². The predicted octanol–water partition coefficient (Wildman–Crippen LogP) is 2.54. The van der Waals surface area contributed by atoms with Crippen LogP contribution in [-0.4, -0.2) is 48.8 Å². The second-order valence-corrected chi connectivity index (χ2v) is 7.10. The molecule has 0 unspecified atom stereocenters. The van der Waals surface area contributed by atoms with Gasteiger partial charge in [-0.05, 0) is 24.1 Å². The summed E-state index contributed by atoms with van der Waals surface area (Å²) in [5.74, 6) is -3.19. The molecule has 0 saturated heterocycles. The molecule has 0 aliphatic rings. The molecule has 9 heteroatoms. The van der Waals surface area contributed by atoms with E-state index in [1.165, 1.54) is 5.56 Å². The van der Waals surface area contributed by atoms with Gasteiger partial charge >= 0.3 is 11.9 Å². The van der Waals surface area contributed by atoms with Crippen LogP contribution < -0.4 is 5.73 Å². The molecule has 0 spiro atoms. The first-order valence-electron chi connectivity index (χ1n) is 9.43. The molecule has 3 aromatic rings. The standard InChI is InChI=1S/C14H14N2O6.C8H11N/c17-12(18)11(16-22)6-14(21,13(19)20)5-8-7-15-10-4-2-1-3-9(8)10;1-7(9)8-5-3-2-4-6-8/h1-4,7,15,21-22H,5-6H2,(H,17,18)(H,19,20);2-7H,9H2,1H3/b16-11-;/t14-;7-/m10/s1. The number of oxime groups is 1. The lowest BCUT2D eigenvalue weighted by atomic mass is 9.89. The number of benzene rings is 2. The van der Waals surface area contributed by atoms with Gasteiger partial charge in [-0.15, -0.1) is 0 Å². The number of para-hydroxylation sites is 1. The lowest BCUT2D eigenvalue weighted by molar-refractivity contribution is -0.157. The molecule has 2 atom stereocenters. The summed E-state index contributed by atoms with van der Waals surface area (Å²) in [6.45, 7) is 1.98. The minimum absolute atomic E-state index is 0.159. The molecule has 9 nitrogen and oxygen atoms in total. The molecular weight excluding hydrogens is 402 g/mol. The minimum atomic E-state index is -2.40. The Morgan fingerprint density at radius 2 is 1.71 bits per heavy atom. The molecule has 0 fully saturated rings. The Bertz CT molecular complexity index is 1060. The van der Waals surface area contributed by atoms with Crippen molar-refractivity contribution in [3.63, 3.8) is 0 Å². The zero-order valence-corrected chi connectivity index (χ0v) is 16.9. The largest absolute Gasteiger partial charge is 0.479 e. The Hall–Kier alpha value is -3.69. The fourth-order valence-electron chi connectivity index (χ4n) is 2.99. The van der Waals surface area contributed by atoms with E-state index in [-0.39, 0.29) is 12.5 Å². The average molecular weight is 427 g/mol. The normalized spacial score (nSPS) is 14.2. The maximum atomic E-state index is 11.4. The maximum Gasteiger partial charge on any atom is 0.353 e. The number of carbonyl (C=O) groups is 2. The van der Waals surface area contributed by atoms with Gasteiger partial charge in [-0.2, -0.15) is 0 Å². The van der Waals surface area contributed by atoms with Gasteiger partial charge in [0.15, 0.2) is 11.3 Å². The van der Waals surface area contributed by atoms with Crippen LogP contribution in [0.25, 0.3) is 10.9 Å². The zero-order chi connectivity index (χ0) is 23.0. The number of rotatable bonds is 7. The highest BCUT2D eigenvalue weighted by atomic mass is 16.4. The van der Waals surface area contributed by atoms with Crippen molar-refractivity contribution in [2.24, 2.45) is 10.9 Å². The third-order valence-corrected chi connectivity index (χ3v) is 4.71. The van der Waals surface area contributed by atoms with E-state index < -0.39 is 29.7 Å². The maximum absolute atomic E-state index is 11.4. The number of carboxylic acids is 2. The summed E-state index contributed by atoms with van der Waals surface area (Å²) >= 11 is 0. The van der Waals surface area contributed by atoms with Crippen molar-refractivity contribution in [3.8, 4) is 0 Å². The van der Waals surface area contributed by atoms with Crippen molar-refractivity contribution >= 4 is 28.6 Å². The van der Waals surface area contributed by atoms with E-state index in [1.807, 2.05) is 37.3 Å². The molecule has 0 aliphatic heterocycles. The van der Waals surface area contributed by atoms with Gasteiger partial charge in [0.25, 0.3) is 0 Å². The Morgan fingerprint density at radius 1 is 1.10 bits per heavy atom. The third-order valence-electron chi connectivity index (χ3n) is 4.71. The highest BCUT2D eigenvalue weighted by Gasteiger charge is 2.40. The van der Waals surface area contributed by atoms with Gasteiger partial charge in [0, 0.05) is 36.0 Å². The predicted molar refractivity (Wildman–Crippen MR) is 115 cm³/mol. The summed E-state index contributed by atoms with van der Waals surface area (Å²) in [4.78, 5) is 25.2. The minimum Gasteiger partial charge on any atom is -0.479 e. The smallest absolute Gasteiger partial charge is 0.353 e. The van der Waals surface area contributed by atoms with Gasteiger partial charge in [-0.3, -0.25) is 0 Å². The van der Waals surface area contributed by atoms with E-state index >= 15 is 0 Å². The number of nitrogens with zero attached hydrogens (tertiary/aromatic N) is 1. The number of aromatic nitrogens is 1. The highest BCUT2D eigenvalue weighted by molar-refractivity contribution is 6.36. The van der Waals surface area contributed by atoms with Gasteiger partial charge in [-0.25, -0.2) is 9.59 Å². The van der Waals surface area contributed by atoms with Crippen molar-refractivity contribution in [1.29, 1.82) is 0 Å². The van der Waals surface area contributed by atoms with E-state index in [0.717, 1.165) is 10.9 Å². The molecule has 0 saturated carbocycles. The molecule has 0 radical (unpaired) electrons. The van der Waals surface area contributed by atoms with Crippen LogP contribution in [0.4, 0.5) is 0 Å². The SMILES string of the molecule is C[C@H](N)c1ccccc1.O=C(O)/C(C[C@](O)(Cc1c[nH]c2ccccc12)C(=O)O)=N\O. The number of nitrogens with two attached hydrogens (primary N) is 1. The number of nitrogens with one attached hydrogen (secondary N) is 1. The van der Waals surface area contributed by atoms with Crippen molar-refractivity contribution in [1.82, 2.24) is 4.98 Å². The molecular formula is C22H25N3O6.